The van der Waals surface area contributed by atoms with Crippen molar-refractivity contribution in [3.05, 3.63) is 40.6 Å². The molecule has 10 heteroatoms. The topological polar surface area (TPSA) is 115 Å². The Hall–Kier alpha value is -2.88. The molecule has 4 N–H and O–H groups in total. The van der Waals surface area contributed by atoms with Crippen molar-refractivity contribution in [1.29, 1.82) is 5.41 Å². The molecule has 0 bridgehead atoms. The molecule has 41 heavy (non-hydrogen) atoms. The van der Waals surface area contributed by atoms with Gasteiger partial charge in [-0.05, 0) is 77.5 Å². The Bertz CT molecular complexity index is 1350. The van der Waals surface area contributed by atoms with Crippen molar-refractivity contribution in [1.82, 2.24) is 19.6 Å². The average molecular weight is 582 g/mol. The number of carbonyl (C=O) groups is 1. The number of nitrogens with one attached hydrogen (secondary N) is 1. The van der Waals surface area contributed by atoms with E-state index in [0.29, 0.717) is 35.9 Å². The van der Waals surface area contributed by atoms with Gasteiger partial charge in [0.25, 0.3) is 0 Å². The number of halogens is 1. The molecule has 2 aliphatic heterocycles. The molecule has 2 aromatic rings. The number of aryl methyl sites for hydroxylation is 1. The Labute approximate surface area is 248 Å². The Kier molecular flexibility index (Phi) is 8.00. The molecule has 0 unspecified atom stereocenters. The summed E-state index contributed by atoms with van der Waals surface area (Å²) in [6, 6.07) is 1.97. The van der Waals surface area contributed by atoms with Gasteiger partial charge >= 0.3 is 0 Å². The number of anilines is 2. The molecule has 1 aromatic carbocycles. The molecular formula is C31H44ClN7O2. The van der Waals surface area contributed by atoms with E-state index in [1.54, 1.807) is 0 Å². The number of likely N-dealkylation sites (tertiary alicyclic amines) is 1. The van der Waals surface area contributed by atoms with Crippen LogP contribution in [0.4, 0.5) is 11.5 Å². The van der Waals surface area contributed by atoms with Crippen LogP contribution in [-0.4, -0.2) is 87.2 Å². The normalized spacial score (nSPS) is 19.9. The number of amides is 1. The highest BCUT2D eigenvalue weighted by atomic mass is 35.5. The largest absolute Gasteiger partial charge is 0.398 e. The van der Waals surface area contributed by atoms with Gasteiger partial charge in [0.05, 0.1) is 22.2 Å². The standard InChI is InChI=1S/C31H44ClN7O2/c1-6-25(40)37-12-8-22(9-13-37)39-21(3)26(27-23(17-33)24(34)16-20(2)28(27)32)29(35-39)38-15-14-36(18-30(4,5)41)19-31(38)10-7-11-31/h6,16-17,22,33,41H,1,7-15,18-19,34H2,2-5H3. The van der Waals surface area contributed by atoms with Crippen molar-refractivity contribution in [3.63, 3.8) is 0 Å². The number of nitrogen functional groups attached to an aromatic ring is 1. The molecule has 3 fully saturated rings. The van der Waals surface area contributed by atoms with E-state index in [1.807, 2.05) is 31.7 Å². The molecule has 3 heterocycles. The fourth-order valence-electron chi connectivity index (χ4n) is 7.12. The lowest BCUT2D eigenvalue weighted by Crippen LogP contribution is -2.67. The third-order valence-corrected chi connectivity index (χ3v) is 9.71. The fraction of sp³-hybridized carbons (Fsp3) is 0.581. The molecule has 9 nitrogen and oxygen atoms in total. The SMILES string of the molecule is C=CC(=O)N1CCC(n2nc(N3CCN(CC(C)(C)O)CC34CCC4)c(-c3c(Cl)c(C)cc(N)c3C=N)c2C)CC1. The average Bonchev–Trinajstić information content (AvgIpc) is 3.24. The number of aromatic nitrogens is 2. The van der Waals surface area contributed by atoms with E-state index in [4.69, 9.17) is 27.8 Å². The van der Waals surface area contributed by atoms with E-state index >= 15 is 0 Å². The Morgan fingerprint density at radius 3 is 2.49 bits per heavy atom. The number of nitrogens with two attached hydrogens (primary N) is 1. The van der Waals surface area contributed by atoms with Crippen LogP contribution in [0.5, 0.6) is 0 Å². The van der Waals surface area contributed by atoms with Crippen LogP contribution in [0.15, 0.2) is 18.7 Å². The van der Waals surface area contributed by atoms with E-state index in [0.717, 1.165) is 79.9 Å². The molecule has 0 radical (unpaired) electrons. The maximum absolute atomic E-state index is 12.2. The van der Waals surface area contributed by atoms with E-state index in [-0.39, 0.29) is 17.5 Å². The lowest BCUT2D eigenvalue weighted by molar-refractivity contribution is -0.127. The Morgan fingerprint density at radius 2 is 1.93 bits per heavy atom. The number of aliphatic hydroxyl groups is 1. The predicted molar refractivity (Wildman–Crippen MR) is 166 cm³/mol. The van der Waals surface area contributed by atoms with Gasteiger partial charge in [-0.25, -0.2) is 0 Å². The van der Waals surface area contributed by atoms with Gasteiger partial charge in [-0.15, -0.1) is 0 Å². The van der Waals surface area contributed by atoms with E-state index in [1.165, 1.54) is 12.3 Å². The minimum atomic E-state index is -0.760. The van der Waals surface area contributed by atoms with Crippen LogP contribution < -0.4 is 10.6 Å². The van der Waals surface area contributed by atoms with Crippen molar-refractivity contribution >= 4 is 35.2 Å². The van der Waals surface area contributed by atoms with Crippen LogP contribution in [0.2, 0.25) is 5.02 Å². The van der Waals surface area contributed by atoms with Gasteiger partial charge < -0.3 is 26.0 Å². The minimum absolute atomic E-state index is 0.0319. The third-order valence-electron chi connectivity index (χ3n) is 9.22. The zero-order chi connectivity index (χ0) is 29.7. The summed E-state index contributed by atoms with van der Waals surface area (Å²) >= 11 is 7.04. The van der Waals surface area contributed by atoms with Gasteiger partial charge in [0, 0.05) is 73.6 Å². The zero-order valence-electron chi connectivity index (χ0n) is 24.8. The van der Waals surface area contributed by atoms with Crippen molar-refractivity contribution in [3.8, 4) is 11.1 Å². The van der Waals surface area contributed by atoms with Crippen molar-refractivity contribution in [2.75, 3.05) is 49.9 Å². The maximum atomic E-state index is 12.2. The van der Waals surface area contributed by atoms with Crippen LogP contribution in [0.25, 0.3) is 11.1 Å². The van der Waals surface area contributed by atoms with Crippen LogP contribution in [0, 0.1) is 19.3 Å². The number of nitrogens with zero attached hydrogens (tertiary/aromatic N) is 5. The number of piperidine rings is 1. The van der Waals surface area contributed by atoms with Crippen LogP contribution in [-0.2, 0) is 4.79 Å². The lowest BCUT2D eigenvalue weighted by Gasteiger charge is -2.57. The Balaban J connectivity index is 1.62. The molecule has 3 aliphatic rings. The lowest BCUT2D eigenvalue weighted by atomic mass is 9.73. The molecule has 0 atom stereocenters. The zero-order valence-corrected chi connectivity index (χ0v) is 25.6. The molecule has 222 valence electrons. The second-order valence-corrected chi connectivity index (χ2v) is 13.1. The number of β-amino-alcohol motifs (C(OH)–C–C–N with tert-alkyl or cyclic N) is 1. The number of carbonyl (C=O) groups excluding carboxylic acids is 1. The van der Waals surface area contributed by atoms with E-state index < -0.39 is 5.60 Å². The summed E-state index contributed by atoms with van der Waals surface area (Å²) < 4.78 is 2.14. The molecule has 1 amide bonds. The maximum Gasteiger partial charge on any atom is 0.245 e. The molecule has 1 aromatic heterocycles. The summed E-state index contributed by atoms with van der Waals surface area (Å²) in [4.78, 5) is 18.9. The van der Waals surface area contributed by atoms with Gasteiger partial charge in [0.15, 0.2) is 5.82 Å². The summed E-state index contributed by atoms with van der Waals surface area (Å²) in [7, 11) is 0. The monoisotopic (exact) mass is 581 g/mol. The highest BCUT2D eigenvalue weighted by Crippen LogP contribution is 2.49. The summed E-state index contributed by atoms with van der Waals surface area (Å²) in [5.74, 6) is 0.861. The van der Waals surface area contributed by atoms with Gasteiger partial charge in [-0.3, -0.25) is 14.4 Å². The summed E-state index contributed by atoms with van der Waals surface area (Å²) in [6.45, 7) is 15.8. The summed E-state index contributed by atoms with van der Waals surface area (Å²) in [6.07, 6.45) is 7.55. The van der Waals surface area contributed by atoms with E-state index in [9.17, 15) is 9.90 Å². The van der Waals surface area contributed by atoms with Gasteiger partial charge in [0.1, 0.15) is 0 Å². The van der Waals surface area contributed by atoms with E-state index in [2.05, 4.69) is 28.0 Å². The number of benzene rings is 1. The third kappa shape index (κ3) is 5.40. The number of hydrogen-bond acceptors (Lipinski definition) is 7. The smallest absolute Gasteiger partial charge is 0.245 e. The molecule has 1 saturated carbocycles. The highest BCUT2D eigenvalue weighted by Gasteiger charge is 2.49. The molecule has 2 saturated heterocycles. The van der Waals surface area contributed by atoms with Crippen LogP contribution in [0.1, 0.15) is 68.8 Å². The van der Waals surface area contributed by atoms with Crippen LogP contribution in [0.3, 0.4) is 0 Å². The first-order valence-electron chi connectivity index (χ1n) is 14.7. The number of rotatable bonds is 7. The van der Waals surface area contributed by atoms with Crippen molar-refractivity contribution in [2.45, 2.75) is 77.0 Å². The predicted octanol–water partition coefficient (Wildman–Crippen LogP) is 4.57. The van der Waals surface area contributed by atoms with Gasteiger partial charge in [-0.1, -0.05) is 18.2 Å². The quantitative estimate of drug-likeness (QED) is 0.251. The van der Waals surface area contributed by atoms with Crippen LogP contribution >= 0.6 is 11.6 Å². The number of hydrogen-bond donors (Lipinski definition) is 3. The van der Waals surface area contributed by atoms with Gasteiger partial charge in [-0.2, -0.15) is 5.10 Å². The summed E-state index contributed by atoms with van der Waals surface area (Å²) in [5, 5.41) is 24.8. The van der Waals surface area contributed by atoms with Crippen molar-refractivity contribution < 1.29 is 9.90 Å². The number of piperazine rings is 1. The Morgan fingerprint density at radius 1 is 1.24 bits per heavy atom. The molecule has 1 aliphatic carbocycles. The first kappa shape index (κ1) is 29.6. The first-order chi connectivity index (χ1) is 19.4. The second kappa shape index (κ2) is 11.1. The molecular weight excluding hydrogens is 538 g/mol. The highest BCUT2D eigenvalue weighted by molar-refractivity contribution is 6.35. The second-order valence-electron chi connectivity index (χ2n) is 12.8. The first-order valence-corrected chi connectivity index (χ1v) is 15.1. The van der Waals surface area contributed by atoms with Gasteiger partial charge in [0.2, 0.25) is 5.91 Å². The summed E-state index contributed by atoms with van der Waals surface area (Å²) in [5.41, 5.74) is 10.3. The fourth-order valence-corrected chi connectivity index (χ4v) is 7.37. The van der Waals surface area contributed by atoms with Crippen molar-refractivity contribution in [2.24, 2.45) is 0 Å². The minimum Gasteiger partial charge on any atom is -0.398 e. The molecule has 5 rings (SSSR count). The molecule has 1 spiro atoms.